The Morgan fingerprint density at radius 2 is 2.00 bits per heavy atom. The van der Waals surface area contributed by atoms with Crippen molar-refractivity contribution in [3.8, 4) is 17.0 Å². The van der Waals surface area contributed by atoms with E-state index in [4.69, 9.17) is 4.74 Å². The predicted molar refractivity (Wildman–Crippen MR) is 85.1 cm³/mol. The third kappa shape index (κ3) is 4.63. The summed E-state index contributed by atoms with van der Waals surface area (Å²) < 4.78 is 45.4. The van der Waals surface area contributed by atoms with Crippen molar-refractivity contribution in [3.63, 3.8) is 0 Å². The van der Waals surface area contributed by atoms with E-state index in [1.807, 2.05) is 0 Å². The Morgan fingerprint density at radius 3 is 2.59 bits per heavy atom. The van der Waals surface area contributed by atoms with Crippen molar-refractivity contribution < 1.29 is 32.5 Å². The Bertz CT molecular complexity index is 882. The molecular formula is C16H14F3N3O5. The molecule has 0 unspecified atom stereocenters. The van der Waals surface area contributed by atoms with Crippen molar-refractivity contribution in [1.29, 1.82) is 0 Å². The van der Waals surface area contributed by atoms with E-state index in [9.17, 15) is 27.9 Å². The molecule has 0 spiro atoms. The van der Waals surface area contributed by atoms with Crippen LogP contribution < -0.4 is 15.6 Å². The first kappa shape index (κ1) is 18.9. The average Bonchev–Trinajstić information content (AvgIpc) is 2.99. The number of aromatic amines is 1. The Labute approximate surface area is 149 Å². The zero-order chi connectivity index (χ0) is 19.6. The number of H-pyrrole nitrogens is 1. The molecule has 144 valence electrons. The van der Waals surface area contributed by atoms with E-state index in [0.717, 1.165) is 12.1 Å². The van der Waals surface area contributed by atoms with Crippen molar-refractivity contribution in [2.45, 2.75) is 18.5 Å². The molecule has 0 bridgehead atoms. The maximum atomic E-state index is 12.3. The summed E-state index contributed by atoms with van der Waals surface area (Å²) in [5.74, 6) is -1.14. The fraction of sp³-hybridized carbons (Fsp3) is 0.312. The van der Waals surface area contributed by atoms with Gasteiger partial charge in [0.1, 0.15) is 11.3 Å². The van der Waals surface area contributed by atoms with Gasteiger partial charge in [-0.2, -0.15) is 5.10 Å². The molecule has 1 fully saturated rings. The number of aliphatic hydroxyl groups is 1. The van der Waals surface area contributed by atoms with Crippen LogP contribution in [-0.4, -0.2) is 52.9 Å². The first-order chi connectivity index (χ1) is 12.7. The van der Waals surface area contributed by atoms with Crippen LogP contribution in [0.4, 0.5) is 13.2 Å². The summed E-state index contributed by atoms with van der Waals surface area (Å²) in [4.78, 5) is 24.2. The Balaban J connectivity index is 1.80. The minimum absolute atomic E-state index is 0.0786. The summed E-state index contributed by atoms with van der Waals surface area (Å²) >= 11 is 0. The van der Waals surface area contributed by atoms with E-state index in [-0.39, 0.29) is 24.5 Å². The monoisotopic (exact) mass is 385 g/mol. The van der Waals surface area contributed by atoms with Gasteiger partial charge in [-0.1, -0.05) is 0 Å². The summed E-state index contributed by atoms with van der Waals surface area (Å²) in [5, 5.41) is 18.1. The SMILES string of the molecule is O=C(N[C@H]1COC[C@H]1O)c1cc(-c2ccc(OC(F)(F)F)cc2)n[nH]c1=O. The van der Waals surface area contributed by atoms with Crippen LogP contribution in [-0.2, 0) is 4.74 Å². The normalized spacial score (nSPS) is 19.7. The molecule has 3 rings (SSSR count). The number of carbonyl (C=O) groups excluding carboxylic acids is 1. The van der Waals surface area contributed by atoms with Gasteiger partial charge in [0, 0.05) is 5.56 Å². The lowest BCUT2D eigenvalue weighted by atomic mass is 10.1. The Kier molecular flexibility index (Phi) is 5.15. The van der Waals surface area contributed by atoms with Gasteiger partial charge in [0.2, 0.25) is 0 Å². The van der Waals surface area contributed by atoms with E-state index in [1.165, 1.54) is 18.2 Å². The summed E-state index contributed by atoms with van der Waals surface area (Å²) in [5.41, 5.74) is -0.475. The van der Waals surface area contributed by atoms with Crippen molar-refractivity contribution in [3.05, 3.63) is 46.2 Å². The van der Waals surface area contributed by atoms with Gasteiger partial charge in [0.25, 0.3) is 11.5 Å². The standard InChI is InChI=1S/C16H14F3N3O5/c17-16(18,19)27-9-3-1-8(2-4-9)11-5-10(15(25)22-21-11)14(24)20-12-6-26-7-13(12)23/h1-5,12-13,23H,6-7H2,(H,20,24)(H,22,25)/t12-,13+/m0/s1. The van der Waals surface area contributed by atoms with Gasteiger partial charge >= 0.3 is 6.36 Å². The number of rotatable bonds is 4. The van der Waals surface area contributed by atoms with Gasteiger partial charge in [0.05, 0.1) is 31.1 Å². The van der Waals surface area contributed by atoms with E-state index in [2.05, 4.69) is 20.3 Å². The van der Waals surface area contributed by atoms with Gasteiger partial charge < -0.3 is 19.9 Å². The summed E-state index contributed by atoms with van der Waals surface area (Å²) in [6.45, 7) is 0.193. The molecule has 3 N–H and O–H groups in total. The number of nitrogens with one attached hydrogen (secondary N) is 2. The fourth-order valence-electron chi connectivity index (χ4n) is 2.48. The van der Waals surface area contributed by atoms with Crippen LogP contribution in [0.25, 0.3) is 11.3 Å². The largest absolute Gasteiger partial charge is 0.573 e. The van der Waals surface area contributed by atoms with Crippen molar-refractivity contribution >= 4 is 5.91 Å². The number of halogens is 3. The van der Waals surface area contributed by atoms with Crippen LogP contribution in [0.5, 0.6) is 5.75 Å². The number of aromatic nitrogens is 2. The lowest BCUT2D eigenvalue weighted by Crippen LogP contribution is -2.44. The molecular weight excluding hydrogens is 371 g/mol. The summed E-state index contributed by atoms with van der Waals surface area (Å²) in [6.07, 6.45) is -5.69. The summed E-state index contributed by atoms with van der Waals surface area (Å²) in [7, 11) is 0. The van der Waals surface area contributed by atoms with Crippen LogP contribution in [0.1, 0.15) is 10.4 Å². The highest BCUT2D eigenvalue weighted by molar-refractivity contribution is 5.95. The first-order valence-electron chi connectivity index (χ1n) is 7.75. The number of aliphatic hydroxyl groups excluding tert-OH is 1. The molecule has 1 aromatic heterocycles. The highest BCUT2D eigenvalue weighted by Crippen LogP contribution is 2.25. The van der Waals surface area contributed by atoms with Gasteiger partial charge in [-0.15, -0.1) is 13.2 Å². The van der Waals surface area contributed by atoms with Gasteiger partial charge in [-0.25, -0.2) is 5.10 Å². The number of hydrogen-bond acceptors (Lipinski definition) is 6. The number of amides is 1. The topological polar surface area (TPSA) is 114 Å². The molecule has 2 aromatic rings. The number of carbonyl (C=O) groups is 1. The molecule has 0 radical (unpaired) electrons. The molecule has 1 aliphatic rings. The Morgan fingerprint density at radius 1 is 1.30 bits per heavy atom. The third-order valence-corrected chi connectivity index (χ3v) is 3.80. The van der Waals surface area contributed by atoms with Crippen molar-refractivity contribution in [1.82, 2.24) is 15.5 Å². The zero-order valence-corrected chi connectivity index (χ0v) is 13.6. The molecule has 11 heteroatoms. The number of nitrogens with zero attached hydrogens (tertiary/aromatic N) is 1. The molecule has 2 heterocycles. The maximum Gasteiger partial charge on any atom is 0.573 e. The van der Waals surface area contributed by atoms with Crippen LogP contribution >= 0.6 is 0 Å². The molecule has 1 amide bonds. The molecule has 1 saturated heterocycles. The van der Waals surface area contributed by atoms with Gasteiger partial charge in [-0.3, -0.25) is 9.59 Å². The zero-order valence-electron chi connectivity index (χ0n) is 13.6. The summed E-state index contributed by atoms with van der Waals surface area (Å²) in [6, 6.07) is 5.34. The molecule has 0 aliphatic carbocycles. The second kappa shape index (κ2) is 7.37. The molecule has 27 heavy (non-hydrogen) atoms. The van der Waals surface area contributed by atoms with Crippen LogP contribution in [0, 0.1) is 0 Å². The third-order valence-electron chi connectivity index (χ3n) is 3.80. The van der Waals surface area contributed by atoms with E-state index in [0.29, 0.717) is 5.56 Å². The predicted octanol–water partition coefficient (Wildman–Crippen LogP) is 0.825. The lowest BCUT2D eigenvalue weighted by molar-refractivity contribution is -0.274. The first-order valence-corrected chi connectivity index (χ1v) is 7.75. The van der Waals surface area contributed by atoms with Crippen molar-refractivity contribution in [2.75, 3.05) is 13.2 Å². The number of benzene rings is 1. The van der Waals surface area contributed by atoms with Crippen molar-refractivity contribution in [2.24, 2.45) is 0 Å². The van der Waals surface area contributed by atoms with Gasteiger partial charge in [-0.05, 0) is 30.3 Å². The molecule has 8 nitrogen and oxygen atoms in total. The average molecular weight is 385 g/mol. The lowest BCUT2D eigenvalue weighted by Gasteiger charge is -2.14. The fourth-order valence-corrected chi connectivity index (χ4v) is 2.48. The van der Waals surface area contributed by atoms with E-state index >= 15 is 0 Å². The minimum atomic E-state index is -4.81. The van der Waals surface area contributed by atoms with E-state index in [1.54, 1.807) is 0 Å². The van der Waals surface area contributed by atoms with Gasteiger partial charge in [0.15, 0.2) is 0 Å². The second-order valence-electron chi connectivity index (χ2n) is 5.75. The highest BCUT2D eigenvalue weighted by Gasteiger charge is 2.31. The number of ether oxygens (including phenoxy) is 2. The quantitative estimate of drug-likeness (QED) is 0.718. The Hall–Kier alpha value is -2.92. The molecule has 0 saturated carbocycles. The number of hydrogen-bond donors (Lipinski definition) is 3. The number of alkyl halides is 3. The van der Waals surface area contributed by atoms with Crippen LogP contribution in [0.2, 0.25) is 0 Å². The molecule has 2 atom stereocenters. The smallest absolute Gasteiger partial charge is 0.406 e. The van der Waals surface area contributed by atoms with Crippen LogP contribution in [0.15, 0.2) is 35.1 Å². The maximum absolute atomic E-state index is 12.3. The molecule has 1 aliphatic heterocycles. The minimum Gasteiger partial charge on any atom is -0.406 e. The van der Waals surface area contributed by atoms with E-state index < -0.39 is 35.7 Å². The highest BCUT2D eigenvalue weighted by atomic mass is 19.4. The van der Waals surface area contributed by atoms with Crippen LogP contribution in [0.3, 0.4) is 0 Å². The molecule has 1 aromatic carbocycles. The second-order valence-corrected chi connectivity index (χ2v) is 5.75.